The molecule has 2 heterocycles. The molecule has 0 saturated carbocycles. The molecule has 186 valence electrons. The van der Waals surface area contributed by atoms with Gasteiger partial charge in [-0.25, -0.2) is 4.79 Å². The van der Waals surface area contributed by atoms with Gasteiger partial charge in [-0.3, -0.25) is 14.5 Å². The van der Waals surface area contributed by atoms with E-state index in [1.54, 1.807) is 36.4 Å². The molecule has 0 atom stereocenters. The van der Waals surface area contributed by atoms with Crippen LogP contribution in [0, 0.1) is 11.3 Å². The van der Waals surface area contributed by atoms with E-state index in [2.05, 4.69) is 0 Å². The molecule has 0 fully saturated rings. The van der Waals surface area contributed by atoms with Gasteiger partial charge in [0.25, 0.3) is 11.8 Å². The lowest BCUT2D eigenvalue weighted by molar-refractivity contribution is -0.141. The fourth-order valence-electron chi connectivity index (χ4n) is 3.92. The zero-order valence-corrected chi connectivity index (χ0v) is 20.1. The summed E-state index contributed by atoms with van der Waals surface area (Å²) in [6, 6.07) is 21.7. The van der Waals surface area contributed by atoms with Crippen LogP contribution in [0.1, 0.15) is 28.6 Å². The van der Waals surface area contributed by atoms with Crippen molar-refractivity contribution in [2.45, 2.75) is 13.3 Å². The van der Waals surface area contributed by atoms with Crippen LogP contribution in [0.2, 0.25) is 0 Å². The van der Waals surface area contributed by atoms with Gasteiger partial charge >= 0.3 is 5.97 Å². The summed E-state index contributed by atoms with van der Waals surface area (Å²) < 4.78 is 11.2. The fourth-order valence-corrected chi connectivity index (χ4v) is 3.92. The predicted molar refractivity (Wildman–Crippen MR) is 135 cm³/mol. The van der Waals surface area contributed by atoms with Crippen LogP contribution in [0.3, 0.4) is 0 Å². The van der Waals surface area contributed by atoms with Gasteiger partial charge in [0.1, 0.15) is 23.2 Å². The van der Waals surface area contributed by atoms with Crippen LogP contribution in [0.15, 0.2) is 87.9 Å². The molecule has 37 heavy (non-hydrogen) atoms. The first-order chi connectivity index (χ1) is 17.9. The van der Waals surface area contributed by atoms with Crippen LogP contribution in [0.5, 0.6) is 0 Å². The molecule has 1 aromatic heterocycles. The SMILES string of the molecule is CC1=C(C#N)C(=O)N(CCO)C(=O)/C1=C/c1ccc(-c2ccc(C(=O)OCCc3ccccc3)cc2)o1. The van der Waals surface area contributed by atoms with Gasteiger partial charge in [0.05, 0.1) is 25.3 Å². The molecule has 2 aromatic carbocycles. The minimum absolute atomic E-state index is 0.138. The van der Waals surface area contributed by atoms with Crippen molar-refractivity contribution in [3.05, 3.63) is 100 Å². The van der Waals surface area contributed by atoms with Crippen LogP contribution >= 0.6 is 0 Å². The standard InChI is InChI=1S/C29H24N2O6/c1-19-24(27(33)31(14-15-32)28(34)25(19)18-30)17-23-11-12-26(37-23)21-7-9-22(10-8-21)29(35)36-16-13-20-5-3-2-4-6-20/h2-12,17,32H,13-16H2,1H3/b24-17+. The Bertz CT molecular complexity index is 1430. The third-order valence-corrected chi connectivity index (χ3v) is 5.93. The number of amides is 2. The molecular weight excluding hydrogens is 472 g/mol. The second kappa shape index (κ2) is 11.3. The number of ether oxygens (including phenoxy) is 1. The van der Waals surface area contributed by atoms with Crippen molar-refractivity contribution in [3.63, 3.8) is 0 Å². The highest BCUT2D eigenvalue weighted by Gasteiger charge is 2.35. The number of furan rings is 1. The van der Waals surface area contributed by atoms with Gasteiger partial charge in [0.2, 0.25) is 0 Å². The number of nitrogens with zero attached hydrogens (tertiary/aromatic N) is 2. The summed E-state index contributed by atoms with van der Waals surface area (Å²) in [5, 5.41) is 18.6. The van der Waals surface area contributed by atoms with Gasteiger partial charge in [0.15, 0.2) is 0 Å². The van der Waals surface area contributed by atoms with Crippen LogP contribution < -0.4 is 0 Å². The van der Waals surface area contributed by atoms with E-state index < -0.39 is 24.4 Å². The quantitative estimate of drug-likeness (QED) is 0.285. The normalized spacial score (nSPS) is 14.7. The monoisotopic (exact) mass is 496 g/mol. The molecule has 0 aliphatic carbocycles. The number of imide groups is 1. The molecule has 1 N–H and O–H groups in total. The lowest BCUT2D eigenvalue weighted by Crippen LogP contribution is -2.44. The molecule has 0 saturated heterocycles. The van der Waals surface area contributed by atoms with E-state index in [9.17, 15) is 24.8 Å². The minimum Gasteiger partial charge on any atom is -0.462 e. The number of aliphatic hydroxyl groups excluding tert-OH is 1. The smallest absolute Gasteiger partial charge is 0.338 e. The molecule has 1 aliphatic heterocycles. The first-order valence-electron chi connectivity index (χ1n) is 11.6. The number of hydrogen-bond donors (Lipinski definition) is 1. The number of carbonyl (C=O) groups is 3. The summed E-state index contributed by atoms with van der Waals surface area (Å²) in [5.41, 5.74) is 2.45. The summed E-state index contributed by atoms with van der Waals surface area (Å²) in [7, 11) is 0. The van der Waals surface area contributed by atoms with Crippen molar-refractivity contribution < 1.29 is 28.6 Å². The maximum Gasteiger partial charge on any atom is 0.338 e. The molecule has 4 rings (SSSR count). The highest BCUT2D eigenvalue weighted by atomic mass is 16.5. The van der Waals surface area contributed by atoms with Crippen molar-refractivity contribution in [1.29, 1.82) is 5.26 Å². The average Bonchev–Trinajstić information content (AvgIpc) is 3.39. The van der Waals surface area contributed by atoms with Crippen LogP contribution in [-0.2, 0) is 20.7 Å². The average molecular weight is 497 g/mol. The molecule has 8 heteroatoms. The van der Waals surface area contributed by atoms with E-state index in [0.717, 1.165) is 10.5 Å². The highest BCUT2D eigenvalue weighted by molar-refractivity contribution is 6.19. The van der Waals surface area contributed by atoms with Gasteiger partial charge in [-0.15, -0.1) is 0 Å². The van der Waals surface area contributed by atoms with Crippen molar-refractivity contribution >= 4 is 23.9 Å². The summed E-state index contributed by atoms with van der Waals surface area (Å²) in [4.78, 5) is 38.4. The predicted octanol–water partition coefficient (Wildman–Crippen LogP) is 3.93. The second-order valence-electron chi connectivity index (χ2n) is 8.31. The van der Waals surface area contributed by atoms with Crippen molar-refractivity contribution in [2.75, 3.05) is 19.8 Å². The Labute approximate surface area is 213 Å². The summed E-state index contributed by atoms with van der Waals surface area (Å²) >= 11 is 0. The van der Waals surface area contributed by atoms with E-state index in [0.29, 0.717) is 29.1 Å². The van der Waals surface area contributed by atoms with Gasteiger partial charge in [-0.05, 0) is 48.4 Å². The topological polar surface area (TPSA) is 121 Å². The molecule has 2 amide bonds. The van der Waals surface area contributed by atoms with E-state index in [1.165, 1.54) is 13.0 Å². The largest absolute Gasteiger partial charge is 0.462 e. The van der Waals surface area contributed by atoms with E-state index in [1.807, 2.05) is 36.4 Å². The Morgan fingerprint density at radius 1 is 1.05 bits per heavy atom. The van der Waals surface area contributed by atoms with E-state index >= 15 is 0 Å². The number of nitriles is 1. The first kappa shape index (κ1) is 25.4. The van der Waals surface area contributed by atoms with Gasteiger partial charge < -0.3 is 14.3 Å². The first-order valence-corrected chi connectivity index (χ1v) is 11.6. The maximum atomic E-state index is 12.8. The van der Waals surface area contributed by atoms with Crippen molar-refractivity contribution in [1.82, 2.24) is 4.90 Å². The van der Waals surface area contributed by atoms with Crippen molar-refractivity contribution in [2.24, 2.45) is 0 Å². The highest BCUT2D eigenvalue weighted by Crippen LogP contribution is 2.29. The number of benzene rings is 2. The summed E-state index contributed by atoms with van der Waals surface area (Å²) in [5.74, 6) is -0.901. The molecule has 0 unspecified atom stereocenters. The number of esters is 1. The summed E-state index contributed by atoms with van der Waals surface area (Å²) in [6.07, 6.45) is 2.10. The number of aliphatic hydroxyl groups is 1. The third kappa shape index (κ3) is 5.58. The maximum absolute atomic E-state index is 12.8. The Hall–Kier alpha value is -4.74. The Morgan fingerprint density at radius 2 is 1.78 bits per heavy atom. The second-order valence-corrected chi connectivity index (χ2v) is 8.31. The lowest BCUT2D eigenvalue weighted by atomic mass is 9.95. The molecule has 3 aromatic rings. The zero-order chi connectivity index (χ0) is 26.4. The van der Waals surface area contributed by atoms with E-state index in [4.69, 9.17) is 9.15 Å². The number of β-amino-alcohol motifs (C(OH)–C–C–N with tert-alkyl or cyclic N) is 1. The van der Waals surface area contributed by atoms with Gasteiger partial charge in [-0.2, -0.15) is 5.26 Å². The Balaban J connectivity index is 1.47. The number of rotatable bonds is 8. The fraction of sp³-hybridized carbons (Fsp3) is 0.172. The minimum atomic E-state index is -0.727. The Morgan fingerprint density at radius 3 is 2.46 bits per heavy atom. The third-order valence-electron chi connectivity index (χ3n) is 5.93. The molecule has 0 spiro atoms. The molecular formula is C29H24N2O6. The number of carbonyl (C=O) groups excluding carboxylic acids is 3. The molecule has 1 aliphatic rings. The Kier molecular flexibility index (Phi) is 7.77. The van der Waals surface area contributed by atoms with E-state index in [-0.39, 0.29) is 29.9 Å². The number of hydrogen-bond acceptors (Lipinski definition) is 7. The van der Waals surface area contributed by atoms with Crippen LogP contribution in [0.25, 0.3) is 17.4 Å². The zero-order valence-electron chi connectivity index (χ0n) is 20.1. The van der Waals surface area contributed by atoms with Crippen molar-refractivity contribution in [3.8, 4) is 17.4 Å². The van der Waals surface area contributed by atoms with Crippen LogP contribution in [-0.4, -0.2) is 47.5 Å². The molecule has 0 bridgehead atoms. The lowest BCUT2D eigenvalue weighted by Gasteiger charge is -2.26. The summed E-state index contributed by atoms with van der Waals surface area (Å²) in [6.45, 7) is 1.18. The molecule has 8 nitrogen and oxygen atoms in total. The van der Waals surface area contributed by atoms with Crippen LogP contribution in [0.4, 0.5) is 0 Å². The van der Waals surface area contributed by atoms with Gasteiger partial charge in [0, 0.05) is 17.6 Å². The van der Waals surface area contributed by atoms with Gasteiger partial charge in [-0.1, -0.05) is 42.5 Å². The molecule has 0 radical (unpaired) electrons.